The summed E-state index contributed by atoms with van der Waals surface area (Å²) in [4.78, 5) is 13.1. The van der Waals surface area contributed by atoms with Gasteiger partial charge in [0.05, 0.1) is 0 Å². The zero-order chi connectivity index (χ0) is 17.0. The molecule has 0 saturated heterocycles. The van der Waals surface area contributed by atoms with Gasteiger partial charge in [0.15, 0.2) is 11.5 Å². The van der Waals surface area contributed by atoms with Crippen LogP contribution >= 0.6 is 0 Å². The van der Waals surface area contributed by atoms with Crippen LogP contribution in [0.5, 0.6) is 11.5 Å². The molecule has 1 aromatic carbocycles. The van der Waals surface area contributed by atoms with E-state index in [1.807, 2.05) is 12.1 Å². The molecule has 1 aliphatic heterocycles. The summed E-state index contributed by atoms with van der Waals surface area (Å²) in [5.74, 6) is 4.37. The Kier molecular flexibility index (Phi) is 3.51. The maximum Gasteiger partial charge on any atom is 0.231 e. The monoisotopic (exact) mass is 341 g/mol. The van der Waals surface area contributed by atoms with Gasteiger partial charge in [0.25, 0.3) is 0 Å². The number of benzene rings is 1. The molecule has 0 spiro atoms. The van der Waals surface area contributed by atoms with E-state index in [4.69, 9.17) is 9.47 Å². The summed E-state index contributed by atoms with van der Waals surface area (Å²) in [7, 11) is 0. The van der Waals surface area contributed by atoms with Crippen molar-refractivity contribution in [2.24, 2.45) is 23.2 Å². The van der Waals surface area contributed by atoms with Crippen LogP contribution in [-0.2, 0) is 11.2 Å². The molecule has 134 valence electrons. The Morgan fingerprint density at radius 2 is 1.76 bits per heavy atom. The lowest BCUT2D eigenvalue weighted by atomic mass is 9.49. The van der Waals surface area contributed by atoms with Gasteiger partial charge in [0.1, 0.15) is 0 Å². The van der Waals surface area contributed by atoms with Crippen LogP contribution in [0.3, 0.4) is 0 Å². The van der Waals surface area contributed by atoms with Crippen LogP contribution < -0.4 is 14.8 Å². The van der Waals surface area contributed by atoms with Gasteiger partial charge in [-0.15, -0.1) is 0 Å². The zero-order valence-electron chi connectivity index (χ0n) is 14.9. The quantitative estimate of drug-likeness (QED) is 0.909. The van der Waals surface area contributed by atoms with Crippen LogP contribution in [0.2, 0.25) is 0 Å². The standard InChI is InChI=1S/C21H27NO3/c1-13(4-14-2-3-18-19(8-14)25-12-24-18)22-20(23)21-9-15-5-16(10-21)7-17(6-15)11-21/h2-3,8,13,15-17H,4-7,9-12H2,1H3,(H,22,23)/t13-,15?,16?,17?,21?/m0/s1. The van der Waals surface area contributed by atoms with Crippen LogP contribution in [0.25, 0.3) is 0 Å². The fourth-order valence-electron chi connectivity index (χ4n) is 6.24. The number of hydrogen-bond donors (Lipinski definition) is 1. The highest BCUT2D eigenvalue weighted by Crippen LogP contribution is 2.60. The molecule has 4 saturated carbocycles. The Morgan fingerprint density at radius 3 is 2.44 bits per heavy atom. The van der Waals surface area contributed by atoms with Crippen molar-refractivity contribution in [2.75, 3.05) is 6.79 Å². The zero-order valence-corrected chi connectivity index (χ0v) is 14.9. The summed E-state index contributed by atoms with van der Waals surface area (Å²) >= 11 is 0. The largest absolute Gasteiger partial charge is 0.454 e. The van der Waals surface area contributed by atoms with Crippen molar-refractivity contribution >= 4 is 5.91 Å². The van der Waals surface area contributed by atoms with Crippen LogP contribution in [0.15, 0.2) is 18.2 Å². The van der Waals surface area contributed by atoms with E-state index in [1.165, 1.54) is 24.8 Å². The number of hydrogen-bond acceptors (Lipinski definition) is 3. The number of rotatable bonds is 4. The molecule has 1 aromatic rings. The van der Waals surface area contributed by atoms with Crippen molar-refractivity contribution in [1.82, 2.24) is 5.32 Å². The van der Waals surface area contributed by atoms with Crippen molar-refractivity contribution in [3.05, 3.63) is 23.8 Å². The van der Waals surface area contributed by atoms with Gasteiger partial charge < -0.3 is 14.8 Å². The average molecular weight is 341 g/mol. The molecule has 0 radical (unpaired) electrons. The van der Waals surface area contributed by atoms with Gasteiger partial charge in [-0.3, -0.25) is 4.79 Å². The van der Waals surface area contributed by atoms with Crippen LogP contribution in [-0.4, -0.2) is 18.7 Å². The predicted molar refractivity (Wildman–Crippen MR) is 94.5 cm³/mol. The Labute approximate surface area is 149 Å². The van der Waals surface area contributed by atoms with E-state index in [0.717, 1.165) is 54.9 Å². The summed E-state index contributed by atoms with van der Waals surface area (Å²) in [6.07, 6.45) is 8.33. The first-order valence-electron chi connectivity index (χ1n) is 9.79. The molecule has 1 heterocycles. The van der Waals surface area contributed by atoms with Crippen molar-refractivity contribution in [3.63, 3.8) is 0 Å². The lowest BCUT2D eigenvalue weighted by Crippen LogP contribution is -2.55. The summed E-state index contributed by atoms with van der Waals surface area (Å²) in [5.41, 5.74) is 1.13. The molecule has 4 aliphatic carbocycles. The summed E-state index contributed by atoms with van der Waals surface area (Å²) in [5, 5.41) is 3.34. The molecule has 4 nitrogen and oxygen atoms in total. The first kappa shape index (κ1) is 15.5. The minimum Gasteiger partial charge on any atom is -0.454 e. The highest BCUT2D eigenvalue weighted by molar-refractivity contribution is 5.83. The molecule has 5 aliphatic rings. The molecule has 0 aromatic heterocycles. The van der Waals surface area contributed by atoms with Crippen molar-refractivity contribution in [2.45, 2.75) is 57.9 Å². The molecule has 1 amide bonds. The SMILES string of the molecule is C[C@@H](Cc1ccc2c(c1)OCO2)NC(=O)C12CC3CC(CC(C3)C1)C2. The molecule has 4 bridgehead atoms. The van der Waals surface area contributed by atoms with E-state index in [9.17, 15) is 4.79 Å². The maximum absolute atomic E-state index is 13.1. The van der Waals surface area contributed by atoms with Gasteiger partial charge in [-0.25, -0.2) is 0 Å². The predicted octanol–water partition coefficient (Wildman–Crippen LogP) is 3.68. The summed E-state index contributed by atoms with van der Waals surface area (Å²) in [6.45, 7) is 2.42. The van der Waals surface area contributed by atoms with Gasteiger partial charge in [0, 0.05) is 11.5 Å². The van der Waals surface area contributed by atoms with Gasteiger partial charge in [-0.1, -0.05) is 6.07 Å². The highest BCUT2D eigenvalue weighted by atomic mass is 16.7. The molecule has 4 heteroatoms. The van der Waals surface area contributed by atoms with Crippen molar-refractivity contribution in [1.29, 1.82) is 0 Å². The van der Waals surface area contributed by atoms with E-state index in [1.54, 1.807) is 0 Å². The topological polar surface area (TPSA) is 47.6 Å². The lowest BCUT2D eigenvalue weighted by molar-refractivity contribution is -0.146. The van der Waals surface area contributed by atoms with Crippen molar-refractivity contribution < 1.29 is 14.3 Å². The number of carbonyl (C=O) groups excluding carboxylic acids is 1. The first-order chi connectivity index (χ1) is 12.1. The summed E-state index contributed by atoms with van der Waals surface area (Å²) < 4.78 is 10.8. The summed E-state index contributed by atoms with van der Waals surface area (Å²) in [6, 6.07) is 6.21. The third-order valence-corrected chi connectivity index (χ3v) is 6.88. The second kappa shape index (κ2) is 5.65. The van der Waals surface area contributed by atoms with Crippen LogP contribution in [0, 0.1) is 23.2 Å². The Bertz CT molecular complexity index is 663. The van der Waals surface area contributed by atoms with Gasteiger partial charge >= 0.3 is 0 Å². The normalized spacial score (nSPS) is 35.6. The van der Waals surface area contributed by atoms with Gasteiger partial charge in [-0.05, 0) is 87.3 Å². The first-order valence-corrected chi connectivity index (χ1v) is 9.79. The van der Waals surface area contributed by atoms with Crippen LogP contribution in [0.4, 0.5) is 0 Å². The number of ether oxygens (including phenoxy) is 2. The second-order valence-electron chi connectivity index (χ2n) is 8.96. The van der Waals surface area contributed by atoms with Gasteiger partial charge in [0.2, 0.25) is 12.7 Å². The van der Waals surface area contributed by atoms with Crippen molar-refractivity contribution in [3.8, 4) is 11.5 Å². The third kappa shape index (κ3) is 2.70. The van der Waals surface area contributed by atoms with E-state index >= 15 is 0 Å². The number of fused-ring (bicyclic) bond motifs is 1. The molecule has 25 heavy (non-hydrogen) atoms. The molecule has 1 N–H and O–H groups in total. The number of amides is 1. The smallest absolute Gasteiger partial charge is 0.231 e. The fourth-order valence-corrected chi connectivity index (χ4v) is 6.24. The second-order valence-corrected chi connectivity index (χ2v) is 8.96. The Hall–Kier alpha value is -1.71. The Morgan fingerprint density at radius 1 is 1.12 bits per heavy atom. The number of nitrogens with one attached hydrogen (secondary N) is 1. The highest BCUT2D eigenvalue weighted by Gasteiger charge is 2.54. The van der Waals surface area contributed by atoms with Gasteiger partial charge in [-0.2, -0.15) is 0 Å². The molecule has 0 unspecified atom stereocenters. The fraction of sp³-hybridized carbons (Fsp3) is 0.667. The lowest BCUT2D eigenvalue weighted by Gasteiger charge is -2.55. The average Bonchev–Trinajstić information content (AvgIpc) is 3.01. The third-order valence-electron chi connectivity index (χ3n) is 6.88. The number of carbonyl (C=O) groups is 1. The van der Waals surface area contributed by atoms with E-state index in [-0.39, 0.29) is 11.5 Å². The minimum atomic E-state index is -0.0576. The Balaban J connectivity index is 1.25. The maximum atomic E-state index is 13.1. The van der Waals surface area contributed by atoms with E-state index < -0.39 is 0 Å². The minimum absolute atomic E-state index is 0.0576. The molecule has 4 fully saturated rings. The molecular formula is C21H27NO3. The van der Waals surface area contributed by atoms with Crippen LogP contribution in [0.1, 0.15) is 51.0 Å². The van der Waals surface area contributed by atoms with E-state index in [2.05, 4.69) is 18.3 Å². The molecular weight excluding hydrogens is 314 g/mol. The molecule has 6 rings (SSSR count). The molecule has 1 atom stereocenters. The van der Waals surface area contributed by atoms with E-state index in [0.29, 0.717) is 12.7 Å².